The maximum atomic E-state index is 12.5. The molecular weight excluding hydrogens is 323 g/mol. The molecule has 0 aliphatic carbocycles. The lowest BCUT2D eigenvalue weighted by Gasteiger charge is -2.14. The molecule has 0 aliphatic heterocycles. The molecule has 0 fully saturated rings. The van der Waals surface area contributed by atoms with Crippen molar-refractivity contribution in [1.82, 2.24) is 0 Å². The van der Waals surface area contributed by atoms with Crippen molar-refractivity contribution in [3.63, 3.8) is 0 Å². The number of carbonyl (C=O) groups is 1. The van der Waals surface area contributed by atoms with Gasteiger partial charge in [0.2, 0.25) is 0 Å². The Kier molecular flexibility index (Phi) is 4.47. The minimum Gasteiger partial charge on any atom is -0.298 e. The molecule has 0 amide bonds. The zero-order valence-electron chi connectivity index (χ0n) is 9.06. The predicted octanol–water partition coefficient (Wildman–Crippen LogP) is 4.67. The third kappa shape index (κ3) is 3.51. The number of halogens is 6. The van der Waals surface area contributed by atoms with Crippen molar-refractivity contribution in [2.24, 2.45) is 0 Å². The predicted molar refractivity (Wildman–Crippen MR) is 58.8 cm³/mol. The Morgan fingerprint density at radius 3 is 2.06 bits per heavy atom. The van der Waals surface area contributed by atoms with Crippen LogP contribution < -0.4 is 0 Å². The van der Waals surface area contributed by atoms with E-state index < -0.39 is 34.3 Å². The fourth-order valence-corrected chi connectivity index (χ4v) is 1.61. The standard InChI is InChI=1S/C11H8BrF5O/c1-5(18)9(12)6-2-7(10(13)14)4-8(3-6)11(15,16)17/h2-4,9-10H,1H3. The lowest BCUT2D eigenvalue weighted by atomic mass is 10.0. The first-order chi connectivity index (χ1) is 8.12. The molecule has 1 nitrogen and oxygen atoms in total. The summed E-state index contributed by atoms with van der Waals surface area (Å²) in [6.07, 6.45) is -7.76. The van der Waals surface area contributed by atoms with Gasteiger partial charge in [-0.05, 0) is 30.7 Å². The first-order valence-electron chi connectivity index (χ1n) is 4.77. The summed E-state index contributed by atoms with van der Waals surface area (Å²) in [6.45, 7) is 1.15. The molecule has 0 radical (unpaired) electrons. The first kappa shape index (κ1) is 15.1. The second kappa shape index (κ2) is 5.34. The minimum absolute atomic E-state index is 0.132. The Hall–Kier alpha value is -0.980. The Morgan fingerprint density at radius 2 is 1.67 bits per heavy atom. The maximum absolute atomic E-state index is 12.5. The van der Waals surface area contributed by atoms with E-state index in [1.165, 1.54) is 0 Å². The van der Waals surface area contributed by atoms with E-state index in [0.717, 1.165) is 13.0 Å². The summed E-state index contributed by atoms with van der Waals surface area (Å²) in [6, 6.07) is 1.96. The van der Waals surface area contributed by atoms with E-state index in [1.54, 1.807) is 0 Å². The van der Waals surface area contributed by atoms with Crippen LogP contribution in [0.1, 0.15) is 34.9 Å². The zero-order valence-corrected chi connectivity index (χ0v) is 10.6. The number of carbonyl (C=O) groups excluding carboxylic acids is 1. The van der Waals surface area contributed by atoms with Crippen LogP contribution in [-0.2, 0) is 11.0 Å². The van der Waals surface area contributed by atoms with Gasteiger partial charge in [0.25, 0.3) is 6.43 Å². The van der Waals surface area contributed by atoms with Crippen molar-refractivity contribution in [1.29, 1.82) is 0 Å². The average Bonchev–Trinajstić information content (AvgIpc) is 2.26. The van der Waals surface area contributed by atoms with Gasteiger partial charge in [-0.15, -0.1) is 0 Å². The van der Waals surface area contributed by atoms with E-state index in [1.807, 2.05) is 0 Å². The third-order valence-electron chi connectivity index (χ3n) is 2.21. The number of hydrogen-bond donors (Lipinski definition) is 0. The van der Waals surface area contributed by atoms with Crippen LogP contribution >= 0.6 is 15.9 Å². The topological polar surface area (TPSA) is 17.1 Å². The number of ketones is 1. The highest BCUT2D eigenvalue weighted by molar-refractivity contribution is 9.09. The quantitative estimate of drug-likeness (QED) is 0.581. The van der Waals surface area contributed by atoms with E-state index in [-0.39, 0.29) is 5.56 Å². The van der Waals surface area contributed by atoms with E-state index in [9.17, 15) is 26.7 Å². The van der Waals surface area contributed by atoms with Crippen LogP contribution in [0.25, 0.3) is 0 Å². The van der Waals surface area contributed by atoms with Gasteiger partial charge in [-0.1, -0.05) is 15.9 Å². The smallest absolute Gasteiger partial charge is 0.298 e. The monoisotopic (exact) mass is 330 g/mol. The Bertz CT molecular complexity index is 455. The lowest BCUT2D eigenvalue weighted by molar-refractivity contribution is -0.137. The van der Waals surface area contributed by atoms with Crippen molar-refractivity contribution in [2.45, 2.75) is 24.4 Å². The van der Waals surface area contributed by atoms with Gasteiger partial charge in [-0.25, -0.2) is 8.78 Å². The van der Waals surface area contributed by atoms with Crippen LogP contribution in [0.2, 0.25) is 0 Å². The molecule has 0 spiro atoms. The van der Waals surface area contributed by atoms with Crippen LogP contribution in [0.5, 0.6) is 0 Å². The molecule has 0 saturated carbocycles. The van der Waals surface area contributed by atoms with Crippen LogP contribution in [0.3, 0.4) is 0 Å². The molecule has 1 aromatic carbocycles. The van der Waals surface area contributed by atoms with Gasteiger partial charge in [0.05, 0.1) is 10.4 Å². The molecule has 0 N–H and O–H groups in total. The minimum atomic E-state index is -4.73. The summed E-state index contributed by atoms with van der Waals surface area (Å²) in [5.41, 5.74) is -2.08. The summed E-state index contributed by atoms with van der Waals surface area (Å²) in [7, 11) is 0. The molecule has 0 heterocycles. The molecule has 18 heavy (non-hydrogen) atoms. The summed E-state index contributed by atoms with van der Waals surface area (Å²) >= 11 is 2.87. The van der Waals surface area contributed by atoms with Gasteiger partial charge in [0.15, 0.2) is 0 Å². The van der Waals surface area contributed by atoms with Crippen LogP contribution in [0.15, 0.2) is 18.2 Å². The maximum Gasteiger partial charge on any atom is 0.416 e. The van der Waals surface area contributed by atoms with Crippen molar-refractivity contribution in [3.05, 3.63) is 34.9 Å². The van der Waals surface area contributed by atoms with Gasteiger partial charge in [0, 0.05) is 5.56 Å². The molecule has 1 atom stereocenters. The van der Waals surface area contributed by atoms with Crippen molar-refractivity contribution in [2.75, 3.05) is 0 Å². The first-order valence-corrected chi connectivity index (χ1v) is 5.69. The van der Waals surface area contributed by atoms with Crippen molar-refractivity contribution >= 4 is 21.7 Å². The lowest BCUT2D eigenvalue weighted by Crippen LogP contribution is -2.09. The van der Waals surface area contributed by atoms with Gasteiger partial charge in [-0.2, -0.15) is 13.2 Å². The Labute approximate surface area is 108 Å². The fourth-order valence-electron chi connectivity index (χ4n) is 1.35. The van der Waals surface area contributed by atoms with Crippen LogP contribution in [0.4, 0.5) is 22.0 Å². The third-order valence-corrected chi connectivity index (χ3v) is 3.38. The highest BCUT2D eigenvalue weighted by Gasteiger charge is 2.32. The number of Topliss-reactive ketones (excluding diaryl/α,β-unsaturated/α-hetero) is 1. The second-order valence-corrected chi connectivity index (χ2v) is 4.58. The van der Waals surface area contributed by atoms with Crippen LogP contribution in [-0.4, -0.2) is 5.78 Å². The van der Waals surface area contributed by atoms with Crippen molar-refractivity contribution in [3.8, 4) is 0 Å². The molecule has 100 valence electrons. The second-order valence-electron chi connectivity index (χ2n) is 3.66. The van der Waals surface area contributed by atoms with Gasteiger partial charge >= 0.3 is 6.18 Å². The Balaban J connectivity index is 3.36. The number of alkyl halides is 6. The van der Waals surface area contributed by atoms with Gasteiger partial charge in [0.1, 0.15) is 5.78 Å². The molecule has 0 aromatic heterocycles. The molecule has 0 aliphatic rings. The zero-order chi connectivity index (χ0) is 14.1. The van der Waals surface area contributed by atoms with E-state index >= 15 is 0 Å². The number of benzene rings is 1. The summed E-state index contributed by atoms with van der Waals surface area (Å²) < 4.78 is 62.6. The van der Waals surface area contributed by atoms with E-state index in [0.29, 0.717) is 12.1 Å². The normalized spacial score (nSPS) is 13.8. The number of hydrogen-bond acceptors (Lipinski definition) is 1. The summed E-state index contributed by atoms with van der Waals surface area (Å²) in [4.78, 5) is 10.0. The molecule has 0 saturated heterocycles. The van der Waals surface area contributed by atoms with E-state index in [2.05, 4.69) is 15.9 Å². The van der Waals surface area contributed by atoms with E-state index in [4.69, 9.17) is 0 Å². The molecule has 1 rings (SSSR count). The molecule has 1 aromatic rings. The number of rotatable bonds is 3. The SMILES string of the molecule is CC(=O)C(Br)c1cc(C(F)F)cc(C(F)(F)F)c1. The molecular formula is C11H8BrF5O. The summed E-state index contributed by atoms with van der Waals surface area (Å²) in [5, 5.41) is 0. The highest BCUT2D eigenvalue weighted by atomic mass is 79.9. The molecule has 7 heteroatoms. The summed E-state index contributed by atoms with van der Waals surface area (Å²) in [5.74, 6) is -0.463. The molecule has 1 unspecified atom stereocenters. The van der Waals surface area contributed by atoms with Gasteiger partial charge < -0.3 is 0 Å². The fraction of sp³-hybridized carbons (Fsp3) is 0.364. The van der Waals surface area contributed by atoms with Crippen LogP contribution in [0, 0.1) is 0 Å². The highest BCUT2D eigenvalue weighted by Crippen LogP contribution is 2.36. The average molecular weight is 331 g/mol. The van der Waals surface area contributed by atoms with Crippen molar-refractivity contribution < 1.29 is 26.7 Å². The largest absolute Gasteiger partial charge is 0.416 e. The molecule has 0 bridgehead atoms. The Morgan fingerprint density at radius 1 is 1.17 bits per heavy atom. The van der Waals surface area contributed by atoms with Gasteiger partial charge in [-0.3, -0.25) is 4.79 Å².